The topological polar surface area (TPSA) is 45.5 Å². The summed E-state index contributed by atoms with van der Waals surface area (Å²) in [6.07, 6.45) is 1.10. The summed E-state index contributed by atoms with van der Waals surface area (Å²) in [6, 6.07) is 3.49. The average Bonchev–Trinajstić information content (AvgIpc) is 2.95. The van der Waals surface area contributed by atoms with Gasteiger partial charge in [0.25, 0.3) is 5.91 Å². The molecule has 3 rings (SSSR count). The molecule has 0 spiro atoms. The zero-order chi connectivity index (χ0) is 11.8. The number of carbonyl (C=O) groups excluding carboxylic acids is 1. The number of halogens is 2. The molecular weight excluding hydrogens is 320 g/mol. The molecule has 2 unspecified atom stereocenters. The fourth-order valence-corrected chi connectivity index (χ4v) is 3.11. The number of likely N-dealkylation sites (tertiary alicyclic amines) is 1. The molecule has 2 saturated heterocycles. The van der Waals surface area contributed by atoms with Crippen molar-refractivity contribution in [1.82, 2.24) is 10.2 Å². The van der Waals surface area contributed by atoms with Crippen LogP contribution in [0.2, 0.25) is 0 Å². The molecule has 1 N–H and O–H groups in total. The van der Waals surface area contributed by atoms with Crippen LogP contribution in [-0.4, -0.2) is 37.0 Å². The fraction of sp³-hybridized carbons (Fsp3) is 0.583. The van der Waals surface area contributed by atoms with E-state index in [1.54, 1.807) is 12.1 Å². The Hall–Kier alpha value is -0.520. The second-order valence-electron chi connectivity index (χ2n) is 4.82. The van der Waals surface area contributed by atoms with Crippen LogP contribution in [0.1, 0.15) is 17.0 Å². The van der Waals surface area contributed by atoms with Crippen LogP contribution in [0.25, 0.3) is 0 Å². The van der Waals surface area contributed by atoms with Gasteiger partial charge in [0.2, 0.25) is 0 Å². The lowest BCUT2D eigenvalue weighted by atomic mass is 9.88. The largest absolute Gasteiger partial charge is 0.444 e. The van der Waals surface area contributed by atoms with Gasteiger partial charge in [0.05, 0.1) is 0 Å². The molecule has 4 nitrogen and oxygen atoms in total. The number of hydrogen-bond donors (Lipinski definition) is 1. The van der Waals surface area contributed by atoms with E-state index in [-0.39, 0.29) is 18.3 Å². The van der Waals surface area contributed by atoms with E-state index in [1.807, 2.05) is 4.90 Å². The molecule has 0 saturated carbocycles. The molecule has 6 heteroatoms. The van der Waals surface area contributed by atoms with Crippen LogP contribution in [0.5, 0.6) is 0 Å². The Balaban J connectivity index is 0.00000120. The van der Waals surface area contributed by atoms with Crippen LogP contribution >= 0.6 is 28.3 Å². The van der Waals surface area contributed by atoms with Crippen LogP contribution in [0.15, 0.2) is 21.2 Å². The summed E-state index contributed by atoms with van der Waals surface area (Å²) in [5, 5.41) is 3.40. The summed E-state index contributed by atoms with van der Waals surface area (Å²) in [5.41, 5.74) is 0. The molecule has 3 heterocycles. The minimum atomic E-state index is 0. The van der Waals surface area contributed by atoms with Gasteiger partial charge in [-0.3, -0.25) is 4.79 Å². The molecule has 2 aliphatic rings. The van der Waals surface area contributed by atoms with Gasteiger partial charge in [0.15, 0.2) is 10.4 Å². The third-order valence-electron chi connectivity index (χ3n) is 3.78. The van der Waals surface area contributed by atoms with Crippen molar-refractivity contribution >= 4 is 34.2 Å². The number of piperidine rings is 1. The van der Waals surface area contributed by atoms with Crippen molar-refractivity contribution in [2.24, 2.45) is 11.8 Å². The highest BCUT2D eigenvalue weighted by atomic mass is 79.9. The highest BCUT2D eigenvalue weighted by Crippen LogP contribution is 2.27. The van der Waals surface area contributed by atoms with Gasteiger partial charge >= 0.3 is 0 Å². The molecule has 0 aromatic carbocycles. The highest BCUT2D eigenvalue weighted by Gasteiger charge is 2.35. The molecule has 2 aliphatic heterocycles. The maximum Gasteiger partial charge on any atom is 0.289 e. The number of hydrogen-bond acceptors (Lipinski definition) is 3. The number of carbonyl (C=O) groups is 1. The van der Waals surface area contributed by atoms with Crippen molar-refractivity contribution in [1.29, 1.82) is 0 Å². The third kappa shape index (κ3) is 2.58. The predicted octanol–water partition coefficient (Wildman–Crippen LogP) is 2.15. The minimum absolute atomic E-state index is 0. The molecule has 2 atom stereocenters. The molecular formula is C12H16BrClN2O2. The van der Waals surface area contributed by atoms with Crippen molar-refractivity contribution in [3.05, 3.63) is 22.6 Å². The second-order valence-corrected chi connectivity index (χ2v) is 5.60. The number of nitrogens with zero attached hydrogens (tertiary/aromatic N) is 1. The lowest BCUT2D eigenvalue weighted by Gasteiger charge is -2.33. The second kappa shape index (κ2) is 5.63. The van der Waals surface area contributed by atoms with Crippen LogP contribution in [0.3, 0.4) is 0 Å². The summed E-state index contributed by atoms with van der Waals surface area (Å²) in [7, 11) is 0. The number of fused-ring (bicyclic) bond motifs is 1. The first-order valence-electron chi connectivity index (χ1n) is 5.99. The van der Waals surface area contributed by atoms with Crippen molar-refractivity contribution in [2.75, 3.05) is 26.2 Å². The Morgan fingerprint density at radius 1 is 1.39 bits per heavy atom. The summed E-state index contributed by atoms with van der Waals surface area (Å²) >= 11 is 3.22. The van der Waals surface area contributed by atoms with Crippen molar-refractivity contribution in [3.63, 3.8) is 0 Å². The first kappa shape index (κ1) is 13.9. The molecule has 1 aromatic heterocycles. The molecule has 0 bridgehead atoms. The van der Waals surface area contributed by atoms with Gasteiger partial charge in [-0.05, 0) is 59.4 Å². The first-order valence-corrected chi connectivity index (χ1v) is 6.78. The molecule has 2 fully saturated rings. The Bertz CT molecular complexity index is 437. The van der Waals surface area contributed by atoms with E-state index in [9.17, 15) is 4.79 Å². The Labute approximate surface area is 121 Å². The Kier molecular flexibility index (Phi) is 4.35. The summed E-state index contributed by atoms with van der Waals surface area (Å²) < 4.78 is 5.93. The molecule has 0 radical (unpaired) electrons. The van der Waals surface area contributed by atoms with E-state index in [0.29, 0.717) is 16.3 Å². The summed E-state index contributed by atoms with van der Waals surface area (Å²) in [5.74, 6) is 1.82. The third-order valence-corrected chi connectivity index (χ3v) is 4.20. The monoisotopic (exact) mass is 334 g/mol. The smallest absolute Gasteiger partial charge is 0.289 e. The van der Waals surface area contributed by atoms with E-state index >= 15 is 0 Å². The summed E-state index contributed by atoms with van der Waals surface area (Å²) in [4.78, 5) is 14.1. The van der Waals surface area contributed by atoms with Crippen molar-refractivity contribution < 1.29 is 9.21 Å². The number of rotatable bonds is 1. The van der Waals surface area contributed by atoms with Gasteiger partial charge in [-0.25, -0.2) is 0 Å². The fourth-order valence-electron chi connectivity index (χ4n) is 2.80. The first-order chi connectivity index (χ1) is 8.24. The van der Waals surface area contributed by atoms with Crippen LogP contribution in [0.4, 0.5) is 0 Å². The maximum absolute atomic E-state index is 12.2. The normalized spacial score (nSPS) is 26.6. The van der Waals surface area contributed by atoms with Gasteiger partial charge in [0.1, 0.15) is 0 Å². The van der Waals surface area contributed by atoms with E-state index in [4.69, 9.17) is 4.42 Å². The lowest BCUT2D eigenvalue weighted by molar-refractivity contribution is 0.0609. The predicted molar refractivity (Wildman–Crippen MR) is 74.0 cm³/mol. The zero-order valence-corrected chi connectivity index (χ0v) is 12.3. The van der Waals surface area contributed by atoms with E-state index in [1.165, 1.54) is 0 Å². The SMILES string of the molecule is Cl.O=C(c1ccc(Br)o1)N1CCC2CNCC2C1. The molecule has 1 aromatic rings. The van der Waals surface area contributed by atoms with E-state index in [2.05, 4.69) is 21.2 Å². The van der Waals surface area contributed by atoms with Crippen LogP contribution < -0.4 is 5.32 Å². The van der Waals surface area contributed by atoms with Gasteiger partial charge < -0.3 is 14.6 Å². The number of amides is 1. The molecule has 18 heavy (non-hydrogen) atoms. The Morgan fingerprint density at radius 2 is 2.17 bits per heavy atom. The summed E-state index contributed by atoms with van der Waals surface area (Å²) in [6.45, 7) is 3.85. The molecule has 100 valence electrons. The van der Waals surface area contributed by atoms with E-state index < -0.39 is 0 Å². The zero-order valence-electron chi connectivity index (χ0n) is 9.89. The maximum atomic E-state index is 12.2. The van der Waals surface area contributed by atoms with Crippen LogP contribution in [0, 0.1) is 11.8 Å². The van der Waals surface area contributed by atoms with Gasteiger partial charge in [-0.1, -0.05) is 0 Å². The quantitative estimate of drug-likeness (QED) is 0.855. The van der Waals surface area contributed by atoms with Gasteiger partial charge in [-0.15, -0.1) is 12.4 Å². The number of furan rings is 1. The van der Waals surface area contributed by atoms with Crippen molar-refractivity contribution in [2.45, 2.75) is 6.42 Å². The molecule has 1 amide bonds. The molecule has 0 aliphatic carbocycles. The van der Waals surface area contributed by atoms with Crippen molar-refractivity contribution in [3.8, 4) is 0 Å². The lowest BCUT2D eigenvalue weighted by Crippen LogP contribution is -2.43. The highest BCUT2D eigenvalue weighted by molar-refractivity contribution is 9.10. The average molecular weight is 336 g/mol. The van der Waals surface area contributed by atoms with Gasteiger partial charge in [-0.2, -0.15) is 0 Å². The van der Waals surface area contributed by atoms with E-state index in [0.717, 1.165) is 38.5 Å². The van der Waals surface area contributed by atoms with Crippen LogP contribution in [-0.2, 0) is 0 Å². The van der Waals surface area contributed by atoms with Gasteiger partial charge in [0, 0.05) is 13.1 Å². The Morgan fingerprint density at radius 3 is 2.89 bits per heavy atom. The number of nitrogens with one attached hydrogen (secondary N) is 1. The standard InChI is InChI=1S/C12H15BrN2O2.ClH/c13-11-2-1-10(17-11)12(16)15-4-3-8-5-14-6-9(8)7-15;/h1-2,8-9,14H,3-7H2;1H. The minimum Gasteiger partial charge on any atom is -0.444 e.